The third kappa shape index (κ3) is 2.52. The standard InChI is InChI=1S/C8H9N5O4S2/c1-2-12-5(13(14)15)3-9-7(12)6(19(16)17)8-11-10-4-18-8/h3-4,6H,2H2,1H3,(H,16,17). The summed E-state index contributed by atoms with van der Waals surface area (Å²) >= 11 is -1.20. The molecule has 102 valence electrons. The Kier molecular flexibility index (Phi) is 3.97. The van der Waals surface area contributed by atoms with Crippen molar-refractivity contribution in [1.29, 1.82) is 0 Å². The Bertz CT molecular complexity index is 611. The van der Waals surface area contributed by atoms with Crippen LogP contribution >= 0.6 is 11.3 Å². The number of aromatic nitrogens is 4. The molecule has 0 saturated carbocycles. The van der Waals surface area contributed by atoms with Crippen LogP contribution in [0.2, 0.25) is 0 Å². The van der Waals surface area contributed by atoms with E-state index in [4.69, 9.17) is 0 Å². The van der Waals surface area contributed by atoms with E-state index in [1.165, 1.54) is 10.1 Å². The fraction of sp³-hybridized carbons (Fsp3) is 0.375. The molecule has 2 atom stereocenters. The summed E-state index contributed by atoms with van der Waals surface area (Å²) in [6.07, 6.45) is 1.07. The van der Waals surface area contributed by atoms with Crippen LogP contribution in [0.25, 0.3) is 0 Å². The summed E-state index contributed by atoms with van der Waals surface area (Å²) in [5.41, 5.74) is 1.42. The van der Waals surface area contributed by atoms with E-state index < -0.39 is 21.3 Å². The van der Waals surface area contributed by atoms with Gasteiger partial charge in [-0.15, -0.1) is 21.5 Å². The number of nitro groups is 1. The first-order valence-corrected chi connectivity index (χ1v) is 7.16. The Morgan fingerprint density at radius 3 is 2.89 bits per heavy atom. The minimum atomic E-state index is -2.29. The lowest BCUT2D eigenvalue weighted by atomic mass is 10.4. The molecule has 0 saturated heterocycles. The van der Waals surface area contributed by atoms with E-state index in [1.807, 2.05) is 0 Å². The van der Waals surface area contributed by atoms with E-state index in [0.717, 1.165) is 17.5 Å². The maximum atomic E-state index is 11.5. The third-order valence-electron chi connectivity index (χ3n) is 2.41. The molecule has 0 radical (unpaired) electrons. The fourth-order valence-electron chi connectivity index (χ4n) is 1.64. The van der Waals surface area contributed by atoms with Crippen molar-refractivity contribution in [3.8, 4) is 0 Å². The van der Waals surface area contributed by atoms with Gasteiger partial charge in [0, 0.05) is 0 Å². The van der Waals surface area contributed by atoms with Crippen LogP contribution in [-0.2, 0) is 17.6 Å². The van der Waals surface area contributed by atoms with Crippen molar-refractivity contribution < 1.29 is 13.7 Å². The Morgan fingerprint density at radius 1 is 1.68 bits per heavy atom. The molecule has 9 nitrogen and oxygen atoms in total. The van der Waals surface area contributed by atoms with Crippen molar-refractivity contribution >= 4 is 28.2 Å². The number of hydrogen-bond acceptors (Lipinski definition) is 7. The van der Waals surface area contributed by atoms with Crippen LogP contribution in [0, 0.1) is 10.1 Å². The average molecular weight is 303 g/mol. The first-order chi connectivity index (χ1) is 9.06. The molecule has 0 fully saturated rings. The second-order valence-electron chi connectivity index (χ2n) is 3.41. The minimum Gasteiger partial charge on any atom is -0.358 e. The molecule has 2 heterocycles. The molecule has 2 rings (SSSR count). The monoisotopic (exact) mass is 303 g/mol. The zero-order chi connectivity index (χ0) is 14.0. The molecule has 0 spiro atoms. The van der Waals surface area contributed by atoms with Gasteiger partial charge in [0.25, 0.3) is 0 Å². The Labute approximate surface area is 113 Å². The first-order valence-electron chi connectivity index (χ1n) is 5.11. The van der Waals surface area contributed by atoms with Crippen LogP contribution in [-0.4, -0.2) is 33.4 Å². The predicted molar refractivity (Wildman–Crippen MR) is 67.1 cm³/mol. The normalized spacial score (nSPS) is 14.2. The van der Waals surface area contributed by atoms with Crippen LogP contribution in [0.15, 0.2) is 11.7 Å². The maximum Gasteiger partial charge on any atom is 0.342 e. The van der Waals surface area contributed by atoms with Gasteiger partial charge < -0.3 is 14.7 Å². The maximum absolute atomic E-state index is 11.5. The van der Waals surface area contributed by atoms with Crippen LogP contribution < -0.4 is 0 Å². The molecule has 0 aromatic carbocycles. The van der Waals surface area contributed by atoms with Crippen molar-refractivity contribution in [1.82, 2.24) is 19.7 Å². The van der Waals surface area contributed by atoms with Gasteiger partial charge in [0.2, 0.25) is 5.82 Å². The lowest BCUT2D eigenvalue weighted by Gasteiger charge is -2.07. The molecule has 0 amide bonds. The summed E-state index contributed by atoms with van der Waals surface area (Å²) in [6, 6.07) is 0. The lowest BCUT2D eigenvalue weighted by Crippen LogP contribution is -2.15. The summed E-state index contributed by atoms with van der Waals surface area (Å²) < 4.78 is 22.1. The molecule has 2 unspecified atom stereocenters. The van der Waals surface area contributed by atoms with E-state index in [9.17, 15) is 18.9 Å². The summed E-state index contributed by atoms with van der Waals surface area (Å²) in [7, 11) is 0. The number of nitrogens with zero attached hydrogens (tertiary/aromatic N) is 5. The third-order valence-corrected chi connectivity index (χ3v) is 4.15. The van der Waals surface area contributed by atoms with Crippen LogP contribution in [0.3, 0.4) is 0 Å². The fourth-order valence-corrected chi connectivity index (χ4v) is 3.17. The molecular weight excluding hydrogens is 294 g/mol. The second-order valence-corrected chi connectivity index (χ2v) is 5.30. The molecule has 1 N–H and O–H groups in total. The van der Waals surface area contributed by atoms with Gasteiger partial charge in [-0.3, -0.25) is 0 Å². The van der Waals surface area contributed by atoms with Gasteiger partial charge in [-0.05, 0) is 11.8 Å². The highest BCUT2D eigenvalue weighted by Gasteiger charge is 2.33. The lowest BCUT2D eigenvalue weighted by molar-refractivity contribution is -0.392. The van der Waals surface area contributed by atoms with Gasteiger partial charge in [0.1, 0.15) is 16.7 Å². The molecule has 0 aliphatic heterocycles. The first kappa shape index (κ1) is 13.7. The number of rotatable bonds is 5. The Balaban J connectivity index is 2.55. The molecule has 0 aliphatic carbocycles. The predicted octanol–water partition coefficient (Wildman–Crippen LogP) is 0.974. The summed E-state index contributed by atoms with van der Waals surface area (Å²) in [5.74, 6) is -0.0933. The SMILES string of the molecule is CCn1c([N+](=O)[O-])cnc1C(c1nncs1)S(=O)O. The van der Waals surface area contributed by atoms with Crippen molar-refractivity contribution in [2.75, 3.05) is 0 Å². The van der Waals surface area contributed by atoms with E-state index in [0.29, 0.717) is 0 Å². The van der Waals surface area contributed by atoms with Crippen molar-refractivity contribution in [3.05, 3.63) is 32.7 Å². The van der Waals surface area contributed by atoms with Gasteiger partial charge >= 0.3 is 5.82 Å². The average Bonchev–Trinajstić information content (AvgIpc) is 2.98. The zero-order valence-corrected chi connectivity index (χ0v) is 11.3. The molecular formula is C8H9N5O4S2. The largest absolute Gasteiger partial charge is 0.358 e. The van der Waals surface area contributed by atoms with Gasteiger partial charge in [-0.1, -0.05) is 0 Å². The number of hydrogen-bond donors (Lipinski definition) is 1. The van der Waals surface area contributed by atoms with E-state index in [-0.39, 0.29) is 23.2 Å². The highest BCUT2D eigenvalue weighted by molar-refractivity contribution is 7.79. The molecule has 2 aromatic rings. The molecule has 2 aromatic heterocycles. The van der Waals surface area contributed by atoms with E-state index in [1.54, 1.807) is 6.92 Å². The van der Waals surface area contributed by atoms with E-state index >= 15 is 0 Å². The highest BCUT2D eigenvalue weighted by Crippen LogP contribution is 2.29. The number of imidazole rings is 1. The van der Waals surface area contributed by atoms with Crippen LogP contribution in [0.1, 0.15) is 23.0 Å². The smallest absolute Gasteiger partial charge is 0.342 e. The zero-order valence-electron chi connectivity index (χ0n) is 9.66. The van der Waals surface area contributed by atoms with Gasteiger partial charge in [0.15, 0.2) is 16.3 Å². The van der Waals surface area contributed by atoms with Gasteiger partial charge in [-0.2, -0.15) is 0 Å². The van der Waals surface area contributed by atoms with E-state index in [2.05, 4.69) is 15.2 Å². The Morgan fingerprint density at radius 2 is 2.42 bits per heavy atom. The molecule has 19 heavy (non-hydrogen) atoms. The summed E-state index contributed by atoms with van der Waals surface area (Å²) in [4.78, 5) is 14.2. The Hall–Kier alpha value is -1.72. The van der Waals surface area contributed by atoms with Crippen molar-refractivity contribution in [2.24, 2.45) is 0 Å². The van der Waals surface area contributed by atoms with Crippen LogP contribution in [0.4, 0.5) is 5.82 Å². The molecule has 11 heteroatoms. The second kappa shape index (κ2) is 5.50. The molecule has 0 aliphatic rings. The quantitative estimate of drug-likeness (QED) is 0.495. The molecule has 0 bridgehead atoms. The minimum absolute atomic E-state index is 0.131. The summed E-state index contributed by atoms with van der Waals surface area (Å²) in [6.45, 7) is 1.95. The van der Waals surface area contributed by atoms with Crippen molar-refractivity contribution in [3.63, 3.8) is 0 Å². The topological polar surface area (TPSA) is 124 Å². The van der Waals surface area contributed by atoms with Gasteiger partial charge in [-0.25, -0.2) is 13.8 Å². The van der Waals surface area contributed by atoms with Crippen molar-refractivity contribution in [2.45, 2.75) is 18.7 Å². The van der Waals surface area contributed by atoms with Gasteiger partial charge in [0.05, 0.1) is 6.54 Å². The highest BCUT2D eigenvalue weighted by atomic mass is 32.2. The summed E-state index contributed by atoms with van der Waals surface area (Å²) in [5, 5.41) is 17.4. The van der Waals surface area contributed by atoms with Crippen LogP contribution in [0.5, 0.6) is 0 Å².